The van der Waals surface area contributed by atoms with E-state index >= 15 is 0 Å². The van der Waals surface area contributed by atoms with Crippen LogP contribution in [0.5, 0.6) is 0 Å². The monoisotopic (exact) mass is 423 g/mol. The first-order chi connectivity index (χ1) is 13.4. The fourth-order valence-corrected chi connectivity index (χ4v) is 4.70. The molecule has 1 heterocycles. The number of benzene rings is 1. The minimum Gasteiger partial charge on any atom is -0.476 e. The van der Waals surface area contributed by atoms with E-state index in [1.807, 2.05) is 0 Å². The Hall–Kier alpha value is -2.46. The summed E-state index contributed by atoms with van der Waals surface area (Å²) in [6.45, 7) is 0. The predicted molar refractivity (Wildman–Crippen MR) is 106 cm³/mol. The summed E-state index contributed by atoms with van der Waals surface area (Å²) >= 11 is 2.25. The number of thioether (sulfide) groups is 1. The third-order valence-corrected chi connectivity index (χ3v) is 6.51. The van der Waals surface area contributed by atoms with Crippen LogP contribution in [0.15, 0.2) is 22.4 Å². The number of urea groups is 1. The molecule has 1 aromatic carbocycles. The summed E-state index contributed by atoms with van der Waals surface area (Å²) in [6.07, 6.45) is 5.15. The minimum atomic E-state index is -1.18. The smallest absolute Gasteiger partial charge is 0.356 e. The SMILES string of the molecule is CSc1sc(NC(=O)Nc2ccc(F)cc2C(=O)C2CCCC2)nc1C(=O)O. The number of hydrogen-bond donors (Lipinski definition) is 3. The van der Waals surface area contributed by atoms with Gasteiger partial charge in [-0.3, -0.25) is 10.1 Å². The van der Waals surface area contributed by atoms with Gasteiger partial charge in [-0.25, -0.2) is 19.0 Å². The number of ketones is 1. The van der Waals surface area contributed by atoms with Crippen LogP contribution in [-0.2, 0) is 0 Å². The van der Waals surface area contributed by atoms with Crippen LogP contribution < -0.4 is 10.6 Å². The third kappa shape index (κ3) is 4.50. The second kappa shape index (κ2) is 8.70. The number of Topliss-reactive ketones (excluding diaryl/α,β-unsaturated/α-hetero) is 1. The van der Waals surface area contributed by atoms with Gasteiger partial charge in [0.2, 0.25) is 0 Å². The minimum absolute atomic E-state index is 0.116. The highest BCUT2D eigenvalue weighted by Crippen LogP contribution is 2.32. The van der Waals surface area contributed by atoms with Gasteiger partial charge in [-0.05, 0) is 37.3 Å². The molecule has 1 aromatic heterocycles. The molecule has 10 heteroatoms. The molecule has 1 aliphatic rings. The van der Waals surface area contributed by atoms with E-state index in [1.54, 1.807) is 6.26 Å². The van der Waals surface area contributed by atoms with Crippen LogP contribution in [0.25, 0.3) is 0 Å². The number of amides is 2. The Morgan fingerprint density at radius 1 is 1.25 bits per heavy atom. The number of carbonyl (C=O) groups excluding carboxylic acids is 2. The third-order valence-electron chi connectivity index (χ3n) is 4.43. The van der Waals surface area contributed by atoms with E-state index in [0.29, 0.717) is 4.21 Å². The van der Waals surface area contributed by atoms with Crippen LogP contribution >= 0.6 is 23.1 Å². The van der Waals surface area contributed by atoms with Crippen molar-refractivity contribution in [2.75, 3.05) is 16.9 Å². The Morgan fingerprint density at radius 3 is 2.57 bits per heavy atom. The van der Waals surface area contributed by atoms with Gasteiger partial charge in [0.15, 0.2) is 16.6 Å². The van der Waals surface area contributed by atoms with Crippen molar-refractivity contribution >= 4 is 51.7 Å². The molecule has 1 aliphatic carbocycles. The van der Waals surface area contributed by atoms with E-state index in [1.165, 1.54) is 23.9 Å². The summed E-state index contributed by atoms with van der Waals surface area (Å²) in [7, 11) is 0. The fraction of sp³-hybridized carbons (Fsp3) is 0.333. The number of aromatic nitrogens is 1. The Kier molecular flexibility index (Phi) is 6.30. The number of aromatic carboxylic acids is 1. The number of rotatable bonds is 6. The highest BCUT2D eigenvalue weighted by atomic mass is 32.2. The summed E-state index contributed by atoms with van der Waals surface area (Å²) in [6, 6.07) is 2.95. The van der Waals surface area contributed by atoms with Gasteiger partial charge in [0.05, 0.1) is 9.90 Å². The van der Waals surface area contributed by atoms with Crippen LogP contribution in [0.3, 0.4) is 0 Å². The zero-order chi connectivity index (χ0) is 20.3. The summed E-state index contributed by atoms with van der Waals surface area (Å²) in [4.78, 5) is 40.1. The largest absolute Gasteiger partial charge is 0.476 e. The summed E-state index contributed by atoms with van der Waals surface area (Å²) in [5.41, 5.74) is 0.208. The van der Waals surface area contributed by atoms with Gasteiger partial charge in [0.25, 0.3) is 0 Å². The molecule has 0 aliphatic heterocycles. The fourth-order valence-electron chi connectivity index (χ4n) is 3.12. The molecule has 28 heavy (non-hydrogen) atoms. The maximum Gasteiger partial charge on any atom is 0.356 e. The van der Waals surface area contributed by atoms with E-state index < -0.39 is 17.8 Å². The first-order valence-corrected chi connectivity index (χ1v) is 10.6. The van der Waals surface area contributed by atoms with E-state index in [-0.39, 0.29) is 33.8 Å². The molecule has 0 bridgehead atoms. The van der Waals surface area contributed by atoms with Crippen LogP contribution in [0.1, 0.15) is 46.5 Å². The second-order valence-corrected chi connectivity index (χ2v) is 8.35. The lowest BCUT2D eigenvalue weighted by molar-refractivity contribution is 0.0687. The number of carboxylic acid groups (broad SMARTS) is 1. The van der Waals surface area contributed by atoms with Crippen molar-refractivity contribution in [2.24, 2.45) is 5.92 Å². The quantitative estimate of drug-likeness (QED) is 0.458. The van der Waals surface area contributed by atoms with Crippen molar-refractivity contribution in [1.82, 2.24) is 4.98 Å². The highest BCUT2D eigenvalue weighted by molar-refractivity contribution is 8.00. The summed E-state index contributed by atoms with van der Waals surface area (Å²) < 4.78 is 14.2. The number of carboxylic acids is 1. The van der Waals surface area contributed by atoms with Gasteiger partial charge in [0.1, 0.15) is 5.82 Å². The van der Waals surface area contributed by atoms with Crippen molar-refractivity contribution < 1.29 is 23.9 Å². The van der Waals surface area contributed by atoms with E-state index in [2.05, 4.69) is 15.6 Å². The molecule has 3 N–H and O–H groups in total. The number of carbonyl (C=O) groups is 3. The first kappa shape index (κ1) is 20.3. The topological polar surface area (TPSA) is 108 Å². The van der Waals surface area contributed by atoms with Crippen molar-refractivity contribution in [3.05, 3.63) is 35.3 Å². The Morgan fingerprint density at radius 2 is 1.96 bits per heavy atom. The van der Waals surface area contributed by atoms with Crippen LogP contribution in [0.4, 0.5) is 20.0 Å². The number of thiazole rings is 1. The average Bonchev–Trinajstić information content (AvgIpc) is 3.32. The van der Waals surface area contributed by atoms with E-state index in [0.717, 1.165) is 43.1 Å². The Balaban J connectivity index is 1.77. The van der Waals surface area contributed by atoms with E-state index in [9.17, 15) is 18.8 Å². The van der Waals surface area contributed by atoms with Gasteiger partial charge in [-0.15, -0.1) is 11.8 Å². The molecule has 148 valence electrons. The number of nitrogens with zero attached hydrogens (tertiary/aromatic N) is 1. The van der Waals surface area contributed by atoms with Gasteiger partial charge < -0.3 is 10.4 Å². The summed E-state index contributed by atoms with van der Waals surface area (Å²) in [5, 5.41) is 14.3. The number of nitrogens with one attached hydrogen (secondary N) is 2. The lowest BCUT2D eigenvalue weighted by Crippen LogP contribution is -2.22. The molecule has 7 nitrogen and oxygen atoms in total. The number of anilines is 2. The van der Waals surface area contributed by atoms with Crippen molar-refractivity contribution in [3.8, 4) is 0 Å². The van der Waals surface area contributed by atoms with Gasteiger partial charge in [-0.2, -0.15) is 0 Å². The van der Waals surface area contributed by atoms with Crippen LogP contribution in [-0.4, -0.2) is 34.1 Å². The maximum atomic E-state index is 13.7. The zero-order valence-electron chi connectivity index (χ0n) is 15.0. The molecular formula is C18H18FN3O4S2. The molecule has 1 saturated carbocycles. The maximum absolute atomic E-state index is 13.7. The normalized spacial score (nSPS) is 14.1. The molecule has 0 radical (unpaired) electrons. The summed E-state index contributed by atoms with van der Waals surface area (Å²) in [5.74, 6) is -2.08. The molecule has 3 rings (SSSR count). The molecule has 0 spiro atoms. The lowest BCUT2D eigenvalue weighted by atomic mass is 9.95. The van der Waals surface area contributed by atoms with Gasteiger partial charge >= 0.3 is 12.0 Å². The number of hydrogen-bond acceptors (Lipinski definition) is 6. The van der Waals surface area contributed by atoms with Crippen LogP contribution in [0, 0.1) is 11.7 Å². The molecular weight excluding hydrogens is 405 g/mol. The molecule has 0 saturated heterocycles. The zero-order valence-corrected chi connectivity index (χ0v) is 16.6. The molecule has 1 fully saturated rings. The molecule has 0 atom stereocenters. The lowest BCUT2D eigenvalue weighted by Gasteiger charge is -2.14. The Labute approximate surface area is 168 Å². The highest BCUT2D eigenvalue weighted by Gasteiger charge is 2.26. The van der Waals surface area contributed by atoms with Crippen molar-refractivity contribution in [1.29, 1.82) is 0 Å². The molecule has 2 aromatic rings. The van der Waals surface area contributed by atoms with E-state index in [4.69, 9.17) is 5.11 Å². The molecule has 2 amide bonds. The number of halogens is 1. The predicted octanol–water partition coefficient (Wildman–Crippen LogP) is 4.72. The Bertz CT molecular complexity index is 926. The van der Waals surface area contributed by atoms with Crippen LogP contribution in [0.2, 0.25) is 0 Å². The van der Waals surface area contributed by atoms with Crippen molar-refractivity contribution in [2.45, 2.75) is 29.9 Å². The second-order valence-electron chi connectivity index (χ2n) is 6.28. The van der Waals surface area contributed by atoms with Gasteiger partial charge in [0, 0.05) is 11.5 Å². The van der Waals surface area contributed by atoms with Crippen molar-refractivity contribution in [3.63, 3.8) is 0 Å². The molecule has 0 unspecified atom stereocenters. The average molecular weight is 423 g/mol. The first-order valence-electron chi connectivity index (χ1n) is 8.59. The van der Waals surface area contributed by atoms with Gasteiger partial charge in [-0.1, -0.05) is 24.2 Å². The standard InChI is InChI=1S/C18H18FN3O4S2/c1-27-16-13(15(24)25)21-18(28-16)22-17(26)20-12-7-6-10(19)8-11(12)14(23)9-4-2-3-5-9/h6-9H,2-5H2,1H3,(H,24,25)(H2,20,21,22,26).